The van der Waals surface area contributed by atoms with Crippen molar-refractivity contribution in [2.24, 2.45) is 5.92 Å². The van der Waals surface area contributed by atoms with Gasteiger partial charge in [-0.05, 0) is 42.2 Å². The third-order valence-corrected chi connectivity index (χ3v) is 3.42. The van der Waals surface area contributed by atoms with Crippen LogP contribution in [-0.2, 0) is 22.4 Å². The number of hydrogen-bond donors (Lipinski definition) is 2. The van der Waals surface area contributed by atoms with Gasteiger partial charge in [-0.25, -0.2) is 0 Å². The Bertz CT molecular complexity index is 617. The maximum Gasteiger partial charge on any atom is 0.306 e. The second kappa shape index (κ2) is 7.45. The SMILES string of the molecule is CC(Cc1ccc(NC(=O)CCc2ccoc2)cc1)C(=O)O. The summed E-state index contributed by atoms with van der Waals surface area (Å²) in [6, 6.07) is 9.10. The Hall–Kier alpha value is -2.56. The molecule has 116 valence electrons. The highest BCUT2D eigenvalue weighted by Gasteiger charge is 2.11. The molecule has 5 nitrogen and oxygen atoms in total. The molecule has 0 fully saturated rings. The van der Waals surface area contributed by atoms with Crippen LogP contribution in [0.4, 0.5) is 5.69 Å². The fourth-order valence-electron chi connectivity index (χ4n) is 2.08. The van der Waals surface area contributed by atoms with Crippen molar-refractivity contribution in [3.63, 3.8) is 0 Å². The number of benzene rings is 1. The summed E-state index contributed by atoms with van der Waals surface area (Å²) >= 11 is 0. The molecule has 2 N–H and O–H groups in total. The number of aryl methyl sites for hydroxylation is 1. The van der Waals surface area contributed by atoms with Crippen LogP contribution in [0.5, 0.6) is 0 Å². The lowest BCUT2D eigenvalue weighted by atomic mass is 10.0. The lowest BCUT2D eigenvalue weighted by Gasteiger charge is -2.08. The molecule has 0 saturated heterocycles. The minimum Gasteiger partial charge on any atom is -0.481 e. The second-order valence-electron chi connectivity index (χ2n) is 5.32. The summed E-state index contributed by atoms with van der Waals surface area (Å²) in [5, 5.41) is 11.7. The summed E-state index contributed by atoms with van der Waals surface area (Å²) in [6.07, 6.45) is 4.72. The molecule has 0 aliphatic rings. The van der Waals surface area contributed by atoms with Crippen molar-refractivity contribution in [1.82, 2.24) is 0 Å². The first-order valence-electron chi connectivity index (χ1n) is 7.17. The molecule has 2 rings (SSSR count). The summed E-state index contributed by atoms with van der Waals surface area (Å²) in [7, 11) is 0. The van der Waals surface area contributed by atoms with Gasteiger partial charge in [-0.3, -0.25) is 9.59 Å². The third-order valence-electron chi connectivity index (χ3n) is 3.42. The molecule has 1 amide bonds. The van der Waals surface area contributed by atoms with E-state index in [9.17, 15) is 9.59 Å². The number of carbonyl (C=O) groups is 2. The van der Waals surface area contributed by atoms with Crippen molar-refractivity contribution in [2.45, 2.75) is 26.2 Å². The molecule has 0 aliphatic carbocycles. The van der Waals surface area contributed by atoms with Crippen molar-refractivity contribution in [3.05, 3.63) is 54.0 Å². The maximum absolute atomic E-state index is 11.8. The van der Waals surface area contributed by atoms with Crippen LogP contribution in [-0.4, -0.2) is 17.0 Å². The predicted octanol–water partition coefficient (Wildman–Crippen LogP) is 3.11. The van der Waals surface area contributed by atoms with E-state index in [2.05, 4.69) is 5.32 Å². The van der Waals surface area contributed by atoms with Crippen molar-refractivity contribution < 1.29 is 19.1 Å². The van der Waals surface area contributed by atoms with Gasteiger partial charge in [-0.2, -0.15) is 0 Å². The number of anilines is 1. The largest absolute Gasteiger partial charge is 0.481 e. The number of carboxylic acids is 1. The Morgan fingerprint density at radius 1 is 1.18 bits per heavy atom. The quantitative estimate of drug-likeness (QED) is 0.823. The zero-order valence-corrected chi connectivity index (χ0v) is 12.4. The zero-order valence-electron chi connectivity index (χ0n) is 12.4. The molecule has 1 aromatic carbocycles. The number of amides is 1. The molecule has 1 heterocycles. The number of carboxylic acid groups (broad SMARTS) is 1. The van der Waals surface area contributed by atoms with Crippen molar-refractivity contribution in [1.29, 1.82) is 0 Å². The highest BCUT2D eigenvalue weighted by Crippen LogP contribution is 2.14. The monoisotopic (exact) mass is 301 g/mol. The van der Waals surface area contributed by atoms with Crippen LogP contribution in [0.25, 0.3) is 0 Å². The summed E-state index contributed by atoms with van der Waals surface area (Å²) in [6.45, 7) is 1.67. The summed E-state index contributed by atoms with van der Waals surface area (Å²) in [5.41, 5.74) is 2.64. The van der Waals surface area contributed by atoms with Crippen molar-refractivity contribution in [2.75, 3.05) is 5.32 Å². The molecule has 0 aliphatic heterocycles. The molecule has 22 heavy (non-hydrogen) atoms. The van der Waals surface area contributed by atoms with Crippen LogP contribution in [0.2, 0.25) is 0 Å². The van der Waals surface area contributed by atoms with Gasteiger partial charge < -0.3 is 14.8 Å². The Morgan fingerprint density at radius 3 is 2.50 bits per heavy atom. The topological polar surface area (TPSA) is 79.5 Å². The van der Waals surface area contributed by atoms with Crippen molar-refractivity contribution in [3.8, 4) is 0 Å². The average molecular weight is 301 g/mol. The van der Waals surface area contributed by atoms with Crippen LogP contribution in [0.15, 0.2) is 47.3 Å². The molecule has 1 aromatic heterocycles. The van der Waals surface area contributed by atoms with Gasteiger partial charge in [-0.15, -0.1) is 0 Å². The van der Waals surface area contributed by atoms with E-state index >= 15 is 0 Å². The van der Waals surface area contributed by atoms with Gasteiger partial charge >= 0.3 is 5.97 Å². The molecular formula is C17H19NO4. The lowest BCUT2D eigenvalue weighted by Crippen LogP contribution is -2.13. The van der Waals surface area contributed by atoms with E-state index in [1.54, 1.807) is 31.6 Å². The summed E-state index contributed by atoms with van der Waals surface area (Å²) in [4.78, 5) is 22.7. The number of nitrogens with one attached hydrogen (secondary N) is 1. The van der Waals surface area contributed by atoms with E-state index in [1.807, 2.05) is 18.2 Å². The Labute approximate surface area is 129 Å². The smallest absolute Gasteiger partial charge is 0.306 e. The van der Waals surface area contributed by atoms with E-state index in [-0.39, 0.29) is 5.91 Å². The van der Waals surface area contributed by atoms with E-state index in [0.29, 0.717) is 24.9 Å². The normalized spacial score (nSPS) is 11.9. The molecule has 0 spiro atoms. The summed E-state index contributed by atoms with van der Waals surface area (Å²) < 4.78 is 4.95. The first-order chi connectivity index (χ1) is 10.5. The lowest BCUT2D eigenvalue weighted by molar-refractivity contribution is -0.141. The first kappa shape index (κ1) is 15.8. The van der Waals surface area contributed by atoms with E-state index in [4.69, 9.17) is 9.52 Å². The van der Waals surface area contributed by atoms with Gasteiger partial charge in [0, 0.05) is 12.1 Å². The Balaban J connectivity index is 1.82. The third kappa shape index (κ3) is 4.77. The Morgan fingerprint density at radius 2 is 1.91 bits per heavy atom. The number of hydrogen-bond acceptors (Lipinski definition) is 3. The average Bonchev–Trinajstić information content (AvgIpc) is 3.00. The molecule has 0 radical (unpaired) electrons. The van der Waals surface area contributed by atoms with Gasteiger partial charge in [0.25, 0.3) is 0 Å². The highest BCUT2D eigenvalue weighted by atomic mass is 16.4. The van der Waals surface area contributed by atoms with Crippen LogP contribution in [0.3, 0.4) is 0 Å². The number of carbonyl (C=O) groups excluding carboxylic acids is 1. The van der Waals surface area contributed by atoms with Gasteiger partial charge in [0.1, 0.15) is 0 Å². The Kier molecular flexibility index (Phi) is 5.36. The van der Waals surface area contributed by atoms with Crippen LogP contribution >= 0.6 is 0 Å². The van der Waals surface area contributed by atoms with Gasteiger partial charge in [-0.1, -0.05) is 19.1 Å². The molecule has 5 heteroatoms. The van der Waals surface area contributed by atoms with Gasteiger partial charge in [0.05, 0.1) is 18.4 Å². The minimum absolute atomic E-state index is 0.0622. The molecule has 0 bridgehead atoms. The molecule has 1 atom stereocenters. The predicted molar refractivity (Wildman–Crippen MR) is 82.6 cm³/mol. The summed E-state index contributed by atoms with van der Waals surface area (Å²) in [5.74, 6) is -1.29. The molecule has 2 aromatic rings. The van der Waals surface area contributed by atoms with E-state index in [0.717, 1.165) is 11.1 Å². The van der Waals surface area contributed by atoms with Gasteiger partial charge in [0.2, 0.25) is 5.91 Å². The minimum atomic E-state index is -0.809. The fourth-order valence-corrected chi connectivity index (χ4v) is 2.08. The van der Waals surface area contributed by atoms with Gasteiger partial charge in [0.15, 0.2) is 0 Å². The molecule has 1 unspecified atom stereocenters. The standard InChI is InChI=1S/C17H19NO4/c1-12(17(20)21)10-13-2-5-15(6-3-13)18-16(19)7-4-14-8-9-22-11-14/h2-3,5-6,8-9,11-12H,4,7,10H2,1H3,(H,18,19)(H,20,21). The molecular weight excluding hydrogens is 282 g/mol. The zero-order chi connectivity index (χ0) is 15.9. The number of furan rings is 1. The second-order valence-corrected chi connectivity index (χ2v) is 5.32. The van der Waals surface area contributed by atoms with Crippen molar-refractivity contribution >= 4 is 17.6 Å². The van der Waals surface area contributed by atoms with Crippen LogP contribution < -0.4 is 5.32 Å². The van der Waals surface area contributed by atoms with Crippen LogP contribution in [0.1, 0.15) is 24.5 Å². The number of rotatable bonds is 7. The van der Waals surface area contributed by atoms with E-state index < -0.39 is 11.9 Å². The maximum atomic E-state index is 11.8. The first-order valence-corrected chi connectivity index (χ1v) is 7.17. The van der Waals surface area contributed by atoms with Crippen LogP contribution in [0, 0.1) is 5.92 Å². The number of aliphatic carboxylic acids is 1. The fraction of sp³-hybridized carbons (Fsp3) is 0.294. The van der Waals surface area contributed by atoms with E-state index in [1.165, 1.54) is 0 Å². The highest BCUT2D eigenvalue weighted by molar-refractivity contribution is 5.90. The molecule has 0 saturated carbocycles.